The lowest BCUT2D eigenvalue weighted by Crippen LogP contribution is -2.12. The molecule has 22 heavy (non-hydrogen) atoms. The van der Waals surface area contributed by atoms with Crippen molar-refractivity contribution in [2.45, 2.75) is 0 Å². The van der Waals surface area contributed by atoms with Crippen LogP contribution >= 0.6 is 0 Å². The quantitative estimate of drug-likeness (QED) is 0.788. The van der Waals surface area contributed by atoms with Crippen molar-refractivity contribution < 1.29 is 9.18 Å². The molecule has 1 heterocycles. The minimum absolute atomic E-state index is 0.218. The molecule has 0 saturated carbocycles. The fourth-order valence-corrected chi connectivity index (χ4v) is 2.04. The maximum atomic E-state index is 12.9. The van der Waals surface area contributed by atoms with Gasteiger partial charge in [0.05, 0.1) is 11.3 Å². The Morgan fingerprint density at radius 2 is 1.64 bits per heavy atom. The molecule has 4 heteroatoms. The van der Waals surface area contributed by atoms with Crippen LogP contribution in [0.4, 0.5) is 10.1 Å². The average molecular weight is 292 g/mol. The number of carbonyl (C=O) groups excluding carboxylic acids is 1. The van der Waals surface area contributed by atoms with Gasteiger partial charge in [0.25, 0.3) is 5.91 Å². The summed E-state index contributed by atoms with van der Waals surface area (Å²) >= 11 is 0. The normalized spacial score (nSPS) is 10.2. The molecule has 108 valence electrons. The number of halogens is 1. The molecule has 2 aromatic carbocycles. The number of para-hydroxylation sites is 1. The Morgan fingerprint density at radius 3 is 2.27 bits per heavy atom. The molecule has 0 saturated heterocycles. The van der Waals surface area contributed by atoms with Crippen LogP contribution in [0.3, 0.4) is 0 Å². The first-order valence-electron chi connectivity index (χ1n) is 6.81. The van der Waals surface area contributed by atoms with Gasteiger partial charge in [-0.15, -0.1) is 0 Å². The van der Waals surface area contributed by atoms with Gasteiger partial charge < -0.3 is 5.32 Å². The number of rotatable bonds is 3. The van der Waals surface area contributed by atoms with E-state index < -0.39 is 0 Å². The molecule has 3 rings (SSSR count). The minimum Gasteiger partial charge on any atom is -0.322 e. The predicted molar refractivity (Wildman–Crippen MR) is 84.0 cm³/mol. The van der Waals surface area contributed by atoms with Gasteiger partial charge in [-0.2, -0.15) is 0 Å². The number of benzene rings is 2. The van der Waals surface area contributed by atoms with E-state index in [-0.39, 0.29) is 11.7 Å². The molecule has 3 aromatic rings. The summed E-state index contributed by atoms with van der Waals surface area (Å²) in [4.78, 5) is 16.4. The molecule has 0 spiro atoms. The highest BCUT2D eigenvalue weighted by Gasteiger charge is 2.07. The molecule has 0 radical (unpaired) electrons. The van der Waals surface area contributed by atoms with Crippen molar-refractivity contribution in [1.29, 1.82) is 0 Å². The number of amides is 1. The van der Waals surface area contributed by atoms with Gasteiger partial charge in [0.15, 0.2) is 0 Å². The highest BCUT2D eigenvalue weighted by molar-refractivity contribution is 6.04. The molecule has 3 nitrogen and oxygen atoms in total. The molecule has 0 fully saturated rings. The Balaban J connectivity index is 1.76. The Bertz CT molecular complexity index is 768. The maximum Gasteiger partial charge on any atom is 0.257 e. The first-order valence-corrected chi connectivity index (χ1v) is 6.81. The second-order valence-electron chi connectivity index (χ2n) is 4.76. The van der Waals surface area contributed by atoms with E-state index in [0.29, 0.717) is 11.3 Å². The van der Waals surface area contributed by atoms with Gasteiger partial charge in [0.2, 0.25) is 0 Å². The van der Waals surface area contributed by atoms with Crippen LogP contribution in [-0.4, -0.2) is 10.9 Å². The molecule has 0 aliphatic rings. The van der Waals surface area contributed by atoms with Gasteiger partial charge in [0.1, 0.15) is 5.82 Å². The van der Waals surface area contributed by atoms with E-state index in [1.54, 1.807) is 24.3 Å². The number of carbonyl (C=O) groups is 1. The number of hydrogen-bond donors (Lipinski definition) is 1. The number of pyridine rings is 1. The lowest BCUT2D eigenvalue weighted by molar-refractivity contribution is 0.102. The highest BCUT2D eigenvalue weighted by atomic mass is 19.1. The fourth-order valence-electron chi connectivity index (χ4n) is 2.04. The molecule has 1 aromatic heterocycles. The lowest BCUT2D eigenvalue weighted by Gasteiger charge is -2.06. The Morgan fingerprint density at radius 1 is 0.909 bits per heavy atom. The Labute approximate surface area is 127 Å². The van der Waals surface area contributed by atoms with E-state index in [1.165, 1.54) is 18.3 Å². The van der Waals surface area contributed by atoms with Crippen LogP contribution in [0.25, 0.3) is 11.3 Å². The number of nitrogens with zero attached hydrogens (tertiary/aromatic N) is 1. The minimum atomic E-state index is -0.289. The largest absolute Gasteiger partial charge is 0.322 e. The number of anilines is 1. The van der Waals surface area contributed by atoms with Crippen LogP contribution in [0.2, 0.25) is 0 Å². The zero-order valence-corrected chi connectivity index (χ0v) is 11.7. The monoisotopic (exact) mass is 292 g/mol. The first-order chi connectivity index (χ1) is 10.7. The summed E-state index contributed by atoms with van der Waals surface area (Å²) < 4.78 is 12.9. The molecular formula is C18H13FN2O. The van der Waals surface area contributed by atoms with Crippen LogP contribution in [-0.2, 0) is 0 Å². The van der Waals surface area contributed by atoms with Crippen molar-refractivity contribution in [3.63, 3.8) is 0 Å². The second-order valence-corrected chi connectivity index (χ2v) is 4.76. The molecule has 0 unspecified atom stereocenters. The number of hydrogen-bond acceptors (Lipinski definition) is 2. The molecule has 1 N–H and O–H groups in total. The van der Waals surface area contributed by atoms with Crippen LogP contribution in [0.5, 0.6) is 0 Å². The average Bonchev–Trinajstić information content (AvgIpc) is 2.57. The van der Waals surface area contributed by atoms with Crippen molar-refractivity contribution in [2.75, 3.05) is 5.32 Å². The molecule has 0 aliphatic heterocycles. The SMILES string of the molecule is O=C(Nc1ccccc1)c1ccc(-c2ccc(F)cc2)nc1. The topological polar surface area (TPSA) is 42.0 Å². The third-order valence-electron chi connectivity index (χ3n) is 3.20. The van der Waals surface area contributed by atoms with E-state index in [9.17, 15) is 9.18 Å². The van der Waals surface area contributed by atoms with Gasteiger partial charge >= 0.3 is 0 Å². The van der Waals surface area contributed by atoms with Crippen molar-refractivity contribution in [3.8, 4) is 11.3 Å². The summed E-state index contributed by atoms with van der Waals surface area (Å²) in [6.45, 7) is 0. The van der Waals surface area contributed by atoms with Gasteiger partial charge in [-0.1, -0.05) is 18.2 Å². The number of nitrogens with one attached hydrogen (secondary N) is 1. The summed E-state index contributed by atoms with van der Waals surface area (Å²) in [6, 6.07) is 18.7. The van der Waals surface area contributed by atoms with Crippen LogP contribution in [0.1, 0.15) is 10.4 Å². The van der Waals surface area contributed by atoms with Gasteiger partial charge in [-0.25, -0.2) is 4.39 Å². The molecular weight excluding hydrogens is 279 g/mol. The summed E-state index contributed by atoms with van der Waals surface area (Å²) in [7, 11) is 0. The van der Waals surface area contributed by atoms with Crippen molar-refractivity contribution in [1.82, 2.24) is 4.98 Å². The van der Waals surface area contributed by atoms with E-state index in [2.05, 4.69) is 10.3 Å². The van der Waals surface area contributed by atoms with E-state index >= 15 is 0 Å². The molecule has 1 amide bonds. The predicted octanol–water partition coefficient (Wildman–Crippen LogP) is 4.14. The third kappa shape index (κ3) is 3.17. The zero-order valence-electron chi connectivity index (χ0n) is 11.7. The van der Waals surface area contributed by atoms with Crippen LogP contribution < -0.4 is 5.32 Å². The molecule has 0 atom stereocenters. The van der Waals surface area contributed by atoms with Gasteiger partial charge in [-0.05, 0) is 48.5 Å². The fraction of sp³-hybridized carbons (Fsp3) is 0. The smallest absolute Gasteiger partial charge is 0.257 e. The summed E-state index contributed by atoms with van der Waals surface area (Å²) in [5.41, 5.74) is 2.69. The van der Waals surface area contributed by atoms with Crippen molar-refractivity contribution >= 4 is 11.6 Å². The number of aromatic nitrogens is 1. The summed E-state index contributed by atoms with van der Waals surface area (Å²) in [5.74, 6) is -0.507. The van der Waals surface area contributed by atoms with Crippen molar-refractivity contribution in [3.05, 3.63) is 84.3 Å². The Kier molecular flexibility index (Phi) is 3.92. The van der Waals surface area contributed by atoms with Crippen molar-refractivity contribution in [2.24, 2.45) is 0 Å². The second kappa shape index (κ2) is 6.18. The van der Waals surface area contributed by atoms with E-state index in [0.717, 1.165) is 11.3 Å². The standard InChI is InChI=1S/C18H13FN2O/c19-15-9-6-13(7-10-15)17-11-8-14(12-20-17)18(22)21-16-4-2-1-3-5-16/h1-12H,(H,21,22). The molecule has 0 aliphatic carbocycles. The van der Waals surface area contributed by atoms with Crippen LogP contribution in [0, 0.1) is 5.82 Å². The van der Waals surface area contributed by atoms with Gasteiger partial charge in [0, 0.05) is 17.4 Å². The highest BCUT2D eigenvalue weighted by Crippen LogP contribution is 2.18. The first kappa shape index (κ1) is 13.9. The van der Waals surface area contributed by atoms with Gasteiger partial charge in [-0.3, -0.25) is 9.78 Å². The lowest BCUT2D eigenvalue weighted by atomic mass is 10.1. The molecule has 0 bridgehead atoms. The summed E-state index contributed by atoms with van der Waals surface area (Å²) in [6.07, 6.45) is 1.51. The van der Waals surface area contributed by atoms with E-state index in [1.807, 2.05) is 30.3 Å². The maximum absolute atomic E-state index is 12.9. The third-order valence-corrected chi connectivity index (χ3v) is 3.20. The van der Waals surface area contributed by atoms with E-state index in [4.69, 9.17) is 0 Å². The van der Waals surface area contributed by atoms with Crippen LogP contribution in [0.15, 0.2) is 72.9 Å². The summed E-state index contributed by atoms with van der Waals surface area (Å²) in [5, 5.41) is 2.80. The zero-order chi connectivity index (χ0) is 15.4. The Hall–Kier alpha value is -3.01.